The molecule has 0 fully saturated rings. The number of carbonyl (C=O) groups excluding carboxylic acids is 2. The first kappa shape index (κ1) is 24.2. The molecular weight excluding hydrogens is 456 g/mol. The van der Waals surface area contributed by atoms with E-state index in [0.29, 0.717) is 40.5 Å². The number of rotatable bonds is 9. The van der Waals surface area contributed by atoms with Crippen LogP contribution in [0.2, 0.25) is 0 Å². The van der Waals surface area contributed by atoms with E-state index < -0.39 is 11.9 Å². The van der Waals surface area contributed by atoms with Gasteiger partial charge in [-0.3, -0.25) is 4.79 Å². The minimum Gasteiger partial charge on any atom is -0.497 e. The van der Waals surface area contributed by atoms with E-state index in [-0.39, 0.29) is 0 Å². The number of para-hydroxylation sites is 1. The highest BCUT2D eigenvalue weighted by molar-refractivity contribution is 5.97. The molecule has 0 aliphatic rings. The number of benzene rings is 4. The Labute approximate surface area is 209 Å². The Kier molecular flexibility index (Phi) is 8.07. The summed E-state index contributed by atoms with van der Waals surface area (Å²) in [4.78, 5) is 25.1. The number of ether oxygens (including phenoxy) is 3. The van der Waals surface area contributed by atoms with Crippen LogP contribution in [0.25, 0.3) is 0 Å². The van der Waals surface area contributed by atoms with E-state index in [0.717, 1.165) is 5.56 Å². The summed E-state index contributed by atoms with van der Waals surface area (Å²) in [5.41, 5.74) is 4.92. The summed E-state index contributed by atoms with van der Waals surface area (Å²) in [7, 11) is 1.56. The van der Waals surface area contributed by atoms with Crippen LogP contribution in [0.3, 0.4) is 0 Å². The minimum atomic E-state index is -0.493. The highest BCUT2D eigenvalue weighted by Crippen LogP contribution is 2.20. The van der Waals surface area contributed by atoms with Crippen LogP contribution in [0.4, 0.5) is 0 Å². The second kappa shape index (κ2) is 12.0. The molecule has 180 valence electrons. The van der Waals surface area contributed by atoms with Crippen LogP contribution < -0.4 is 19.6 Å². The predicted octanol–water partition coefficient (Wildman–Crippen LogP) is 5.26. The van der Waals surface area contributed by atoms with Gasteiger partial charge in [0.05, 0.1) is 24.5 Å². The van der Waals surface area contributed by atoms with Gasteiger partial charge in [-0.2, -0.15) is 5.10 Å². The molecule has 4 rings (SSSR count). The van der Waals surface area contributed by atoms with Gasteiger partial charge in [0.1, 0.15) is 23.9 Å². The van der Waals surface area contributed by atoms with Crippen molar-refractivity contribution in [1.29, 1.82) is 0 Å². The van der Waals surface area contributed by atoms with Crippen molar-refractivity contribution in [3.63, 3.8) is 0 Å². The van der Waals surface area contributed by atoms with Crippen LogP contribution in [-0.2, 0) is 6.61 Å². The van der Waals surface area contributed by atoms with E-state index in [1.165, 1.54) is 6.21 Å². The molecule has 0 aliphatic carbocycles. The molecule has 1 amide bonds. The average molecular weight is 481 g/mol. The van der Waals surface area contributed by atoms with E-state index in [2.05, 4.69) is 10.5 Å². The van der Waals surface area contributed by atoms with Gasteiger partial charge in [-0.05, 0) is 59.7 Å². The summed E-state index contributed by atoms with van der Waals surface area (Å²) in [5, 5.41) is 4.04. The molecule has 0 saturated carbocycles. The van der Waals surface area contributed by atoms with E-state index >= 15 is 0 Å². The van der Waals surface area contributed by atoms with Gasteiger partial charge in [0, 0.05) is 0 Å². The molecule has 1 N–H and O–H groups in total. The van der Waals surface area contributed by atoms with Gasteiger partial charge in [-0.1, -0.05) is 54.6 Å². The number of esters is 1. The quantitative estimate of drug-likeness (QED) is 0.153. The van der Waals surface area contributed by atoms with Gasteiger partial charge in [0.15, 0.2) is 0 Å². The number of methoxy groups -OCH3 is 1. The number of nitrogens with one attached hydrogen (secondary N) is 1. The first-order chi connectivity index (χ1) is 17.6. The van der Waals surface area contributed by atoms with E-state index in [9.17, 15) is 9.59 Å². The van der Waals surface area contributed by atoms with Crippen LogP contribution in [0.15, 0.2) is 108 Å². The molecule has 0 unspecified atom stereocenters. The summed E-state index contributed by atoms with van der Waals surface area (Å²) in [6.45, 7) is 0.344. The second-order valence-corrected chi connectivity index (χ2v) is 7.66. The third-order valence-corrected chi connectivity index (χ3v) is 5.14. The summed E-state index contributed by atoms with van der Waals surface area (Å²) < 4.78 is 16.4. The van der Waals surface area contributed by atoms with Crippen molar-refractivity contribution < 1.29 is 23.8 Å². The molecule has 36 heavy (non-hydrogen) atoms. The molecule has 0 aliphatic heterocycles. The van der Waals surface area contributed by atoms with E-state index in [1.54, 1.807) is 79.9 Å². The molecule has 4 aromatic rings. The van der Waals surface area contributed by atoms with Crippen molar-refractivity contribution in [3.05, 3.63) is 125 Å². The van der Waals surface area contributed by atoms with Crippen molar-refractivity contribution in [2.45, 2.75) is 6.61 Å². The number of carbonyl (C=O) groups is 2. The zero-order valence-electron chi connectivity index (χ0n) is 19.6. The molecular formula is C29H24N2O5. The smallest absolute Gasteiger partial charge is 0.343 e. The second-order valence-electron chi connectivity index (χ2n) is 7.66. The number of nitrogens with zero attached hydrogens (tertiary/aromatic N) is 1. The fourth-order valence-electron chi connectivity index (χ4n) is 3.29. The molecule has 0 radical (unpaired) electrons. The number of hydrazone groups is 1. The van der Waals surface area contributed by atoms with E-state index in [1.807, 2.05) is 30.3 Å². The van der Waals surface area contributed by atoms with Gasteiger partial charge < -0.3 is 14.2 Å². The lowest BCUT2D eigenvalue weighted by molar-refractivity contribution is 0.0734. The van der Waals surface area contributed by atoms with Crippen molar-refractivity contribution >= 4 is 18.1 Å². The van der Waals surface area contributed by atoms with Crippen LogP contribution in [-0.4, -0.2) is 25.2 Å². The van der Waals surface area contributed by atoms with Gasteiger partial charge in [0.2, 0.25) is 0 Å². The normalized spacial score (nSPS) is 10.6. The Bertz CT molecular complexity index is 1350. The zero-order valence-corrected chi connectivity index (χ0v) is 19.6. The van der Waals surface area contributed by atoms with Gasteiger partial charge in [-0.15, -0.1) is 0 Å². The topological polar surface area (TPSA) is 86.2 Å². The Balaban J connectivity index is 1.36. The maximum absolute atomic E-state index is 12.7. The van der Waals surface area contributed by atoms with Crippen molar-refractivity contribution in [3.8, 4) is 17.2 Å². The highest BCUT2D eigenvalue weighted by Gasteiger charge is 2.12. The number of amides is 1. The van der Waals surface area contributed by atoms with Gasteiger partial charge >= 0.3 is 5.97 Å². The van der Waals surface area contributed by atoms with Crippen LogP contribution in [0, 0.1) is 0 Å². The molecule has 0 bridgehead atoms. The fourth-order valence-corrected chi connectivity index (χ4v) is 3.29. The van der Waals surface area contributed by atoms with Crippen LogP contribution >= 0.6 is 0 Å². The lowest BCUT2D eigenvalue weighted by atomic mass is 10.2. The molecule has 4 aromatic carbocycles. The lowest BCUT2D eigenvalue weighted by Crippen LogP contribution is -2.18. The van der Waals surface area contributed by atoms with E-state index in [4.69, 9.17) is 14.2 Å². The van der Waals surface area contributed by atoms with Crippen LogP contribution in [0.1, 0.15) is 31.8 Å². The third kappa shape index (κ3) is 6.57. The summed E-state index contributed by atoms with van der Waals surface area (Å²) in [6, 6.07) is 30.1. The highest BCUT2D eigenvalue weighted by atomic mass is 16.5. The zero-order chi connectivity index (χ0) is 25.2. The summed E-state index contributed by atoms with van der Waals surface area (Å²) >= 11 is 0. The van der Waals surface area contributed by atoms with Crippen molar-refractivity contribution in [2.75, 3.05) is 7.11 Å². The standard InChI is InChI=1S/C29H24N2O5/c1-34-24-16-14-23(15-17-24)29(33)36-25-11-7-10-22(18-25)19-30-31-28(32)26-12-5-6-13-27(26)35-20-21-8-3-2-4-9-21/h2-19H,20H2,1H3,(H,31,32). The number of hydrogen-bond donors (Lipinski definition) is 1. The van der Waals surface area contributed by atoms with Crippen molar-refractivity contribution in [2.24, 2.45) is 5.10 Å². The maximum atomic E-state index is 12.7. The van der Waals surface area contributed by atoms with Gasteiger partial charge in [-0.25, -0.2) is 10.2 Å². The first-order valence-electron chi connectivity index (χ1n) is 11.2. The maximum Gasteiger partial charge on any atom is 0.343 e. The molecule has 0 aromatic heterocycles. The Morgan fingerprint density at radius 1 is 0.833 bits per heavy atom. The SMILES string of the molecule is COc1ccc(C(=O)Oc2cccc(C=NNC(=O)c3ccccc3OCc3ccccc3)c2)cc1. The van der Waals surface area contributed by atoms with Crippen LogP contribution in [0.5, 0.6) is 17.2 Å². The Morgan fingerprint density at radius 2 is 1.58 bits per heavy atom. The Morgan fingerprint density at radius 3 is 2.36 bits per heavy atom. The largest absolute Gasteiger partial charge is 0.497 e. The lowest BCUT2D eigenvalue weighted by Gasteiger charge is -2.10. The predicted molar refractivity (Wildman–Crippen MR) is 137 cm³/mol. The minimum absolute atomic E-state index is 0.344. The van der Waals surface area contributed by atoms with Crippen molar-refractivity contribution in [1.82, 2.24) is 5.43 Å². The number of hydrogen-bond acceptors (Lipinski definition) is 6. The molecule has 0 spiro atoms. The Hall–Kier alpha value is -4.91. The monoisotopic (exact) mass is 480 g/mol. The fraction of sp³-hybridized carbons (Fsp3) is 0.0690. The molecule has 7 heteroatoms. The third-order valence-electron chi connectivity index (χ3n) is 5.14. The summed E-state index contributed by atoms with van der Waals surface area (Å²) in [6.07, 6.45) is 1.47. The molecule has 0 atom stereocenters. The molecule has 7 nitrogen and oxygen atoms in total. The van der Waals surface area contributed by atoms with Gasteiger partial charge in [0.25, 0.3) is 5.91 Å². The molecule has 0 heterocycles. The molecule has 0 saturated heterocycles. The average Bonchev–Trinajstić information content (AvgIpc) is 2.93. The first-order valence-corrected chi connectivity index (χ1v) is 11.2. The summed E-state index contributed by atoms with van der Waals surface area (Å²) in [5.74, 6) is 0.564.